The van der Waals surface area contributed by atoms with Crippen molar-refractivity contribution in [2.24, 2.45) is 5.10 Å². The monoisotopic (exact) mass is 475 g/mol. The largest absolute Gasteiger partial charge is 0.433 e. The summed E-state index contributed by atoms with van der Waals surface area (Å²) in [6.07, 6.45) is -3.44. The lowest BCUT2D eigenvalue weighted by atomic mass is 10.0. The lowest BCUT2D eigenvalue weighted by Crippen LogP contribution is -2.52. The number of hydrazone groups is 1. The number of hydrogen-bond acceptors (Lipinski definition) is 5. The van der Waals surface area contributed by atoms with Gasteiger partial charge in [0.1, 0.15) is 12.3 Å². The number of rotatable bonds is 4. The van der Waals surface area contributed by atoms with Crippen molar-refractivity contribution in [3.63, 3.8) is 0 Å². The number of aromatic nitrogens is 1. The molecule has 180 valence electrons. The first kappa shape index (κ1) is 23.7. The number of carbonyl (C=O) groups is 2. The Bertz CT molecular complexity index is 1090. The molecule has 1 aromatic carbocycles. The second kappa shape index (κ2) is 9.41. The van der Waals surface area contributed by atoms with Crippen molar-refractivity contribution in [3.05, 3.63) is 65.0 Å². The number of carbonyl (C=O) groups excluding carboxylic acids is 2. The molecule has 1 N–H and O–H groups in total. The standard InChI is InChI=1S/C23H24F3N5O3/c1-14-3-5-16(6-4-14)21-18(30-9-10-34-13-20(30)32)12-31(29-21)22(33)28-15(2)17-7-8-19(27-11-17)23(24,25)26/h3-8,11,15,18H,9-10,12-13H2,1-2H3,(H,28,33)/t15-,18+/m1/s1. The third kappa shape index (κ3) is 5.04. The van der Waals surface area contributed by atoms with Crippen LogP contribution in [0.4, 0.5) is 18.0 Å². The van der Waals surface area contributed by atoms with Crippen LogP contribution in [0.1, 0.15) is 35.3 Å². The number of aryl methyl sites for hydroxylation is 1. The Balaban J connectivity index is 1.52. The Morgan fingerprint density at radius 3 is 2.56 bits per heavy atom. The summed E-state index contributed by atoms with van der Waals surface area (Å²) < 4.78 is 43.5. The normalized spacial score (nSPS) is 19.7. The summed E-state index contributed by atoms with van der Waals surface area (Å²) in [6, 6.07) is 8.23. The Labute approximate surface area is 194 Å². The number of benzene rings is 1. The molecule has 4 rings (SSSR count). The summed E-state index contributed by atoms with van der Waals surface area (Å²) in [6.45, 7) is 4.51. The van der Waals surface area contributed by atoms with Gasteiger partial charge >= 0.3 is 12.2 Å². The zero-order chi connectivity index (χ0) is 24.5. The van der Waals surface area contributed by atoms with Gasteiger partial charge in [-0.2, -0.15) is 18.3 Å². The SMILES string of the molecule is Cc1ccc(C2=NN(C(=O)N[C@H](C)c3ccc(C(F)(F)F)nc3)C[C@@H]2N2CCOCC2=O)cc1. The van der Waals surface area contributed by atoms with E-state index in [2.05, 4.69) is 15.4 Å². The average molecular weight is 475 g/mol. The van der Waals surface area contributed by atoms with Crippen LogP contribution in [0.25, 0.3) is 0 Å². The third-order valence-electron chi connectivity index (χ3n) is 5.79. The van der Waals surface area contributed by atoms with E-state index < -0.39 is 30.0 Å². The predicted octanol–water partition coefficient (Wildman–Crippen LogP) is 3.13. The maximum Gasteiger partial charge on any atom is 0.433 e. The van der Waals surface area contributed by atoms with Gasteiger partial charge in [-0.15, -0.1) is 0 Å². The van der Waals surface area contributed by atoms with Crippen molar-refractivity contribution in [2.75, 3.05) is 26.3 Å². The number of amides is 3. The van der Waals surface area contributed by atoms with Gasteiger partial charge in [0, 0.05) is 12.7 Å². The van der Waals surface area contributed by atoms with Gasteiger partial charge in [-0.25, -0.2) is 9.80 Å². The van der Waals surface area contributed by atoms with E-state index in [1.807, 2.05) is 31.2 Å². The van der Waals surface area contributed by atoms with Crippen LogP contribution in [0.5, 0.6) is 0 Å². The van der Waals surface area contributed by atoms with Gasteiger partial charge in [-0.1, -0.05) is 35.9 Å². The van der Waals surface area contributed by atoms with Crippen molar-refractivity contribution < 1.29 is 27.5 Å². The molecular weight excluding hydrogens is 451 g/mol. The first-order valence-electron chi connectivity index (χ1n) is 10.8. The van der Waals surface area contributed by atoms with Crippen LogP contribution in [-0.2, 0) is 15.7 Å². The lowest BCUT2D eigenvalue weighted by molar-refractivity contribution is -0.144. The Morgan fingerprint density at radius 1 is 1.21 bits per heavy atom. The Kier molecular flexibility index (Phi) is 6.56. The molecule has 1 fully saturated rings. The van der Waals surface area contributed by atoms with E-state index in [9.17, 15) is 22.8 Å². The first-order valence-corrected chi connectivity index (χ1v) is 10.8. The molecule has 0 radical (unpaired) electrons. The van der Waals surface area contributed by atoms with Crippen LogP contribution >= 0.6 is 0 Å². The maximum atomic E-state index is 13.0. The van der Waals surface area contributed by atoms with E-state index in [0.29, 0.717) is 24.4 Å². The van der Waals surface area contributed by atoms with Crippen molar-refractivity contribution >= 4 is 17.6 Å². The highest BCUT2D eigenvalue weighted by atomic mass is 19.4. The third-order valence-corrected chi connectivity index (χ3v) is 5.79. The average Bonchev–Trinajstić information content (AvgIpc) is 3.25. The highest BCUT2D eigenvalue weighted by molar-refractivity contribution is 6.08. The number of urea groups is 1. The minimum atomic E-state index is -4.53. The molecule has 0 spiro atoms. The second-order valence-corrected chi connectivity index (χ2v) is 8.23. The molecule has 1 saturated heterocycles. The van der Waals surface area contributed by atoms with E-state index in [-0.39, 0.29) is 19.1 Å². The van der Waals surface area contributed by atoms with E-state index in [1.165, 1.54) is 11.1 Å². The molecule has 1 aromatic heterocycles. The van der Waals surface area contributed by atoms with Crippen molar-refractivity contribution in [3.8, 4) is 0 Å². The first-order chi connectivity index (χ1) is 16.1. The Hall–Kier alpha value is -3.47. The lowest BCUT2D eigenvalue weighted by Gasteiger charge is -2.33. The van der Waals surface area contributed by atoms with Gasteiger partial charge < -0.3 is 15.0 Å². The highest BCUT2D eigenvalue weighted by Gasteiger charge is 2.38. The molecule has 11 heteroatoms. The number of hydrogen-bond donors (Lipinski definition) is 1. The number of nitrogens with one attached hydrogen (secondary N) is 1. The molecule has 2 atom stereocenters. The number of nitrogens with zero attached hydrogens (tertiary/aromatic N) is 4. The summed E-state index contributed by atoms with van der Waals surface area (Å²) in [5.74, 6) is -0.178. The fraction of sp³-hybridized carbons (Fsp3) is 0.391. The molecule has 2 aromatic rings. The summed E-state index contributed by atoms with van der Waals surface area (Å²) in [5.41, 5.74) is 1.87. The van der Waals surface area contributed by atoms with E-state index in [4.69, 9.17) is 4.74 Å². The van der Waals surface area contributed by atoms with Crippen LogP contribution in [0, 0.1) is 6.92 Å². The zero-order valence-electron chi connectivity index (χ0n) is 18.7. The maximum absolute atomic E-state index is 13.0. The number of morpholine rings is 1. The summed E-state index contributed by atoms with van der Waals surface area (Å²) >= 11 is 0. The molecule has 3 heterocycles. The van der Waals surface area contributed by atoms with Gasteiger partial charge in [0.2, 0.25) is 5.91 Å². The van der Waals surface area contributed by atoms with Gasteiger partial charge in [-0.05, 0) is 31.0 Å². The minimum absolute atomic E-state index is 0.0260. The smallest absolute Gasteiger partial charge is 0.370 e. The van der Waals surface area contributed by atoms with Crippen molar-refractivity contribution in [1.82, 2.24) is 20.2 Å². The van der Waals surface area contributed by atoms with Gasteiger partial charge in [0.15, 0.2) is 0 Å². The quantitative estimate of drug-likeness (QED) is 0.736. The molecule has 0 aliphatic carbocycles. The van der Waals surface area contributed by atoms with Gasteiger partial charge in [0.25, 0.3) is 0 Å². The molecule has 0 saturated carbocycles. The number of ether oxygens (including phenoxy) is 1. The van der Waals surface area contributed by atoms with Crippen LogP contribution in [0.15, 0.2) is 47.7 Å². The van der Waals surface area contributed by atoms with Crippen LogP contribution in [0.2, 0.25) is 0 Å². The minimum Gasteiger partial charge on any atom is -0.370 e. The molecular formula is C23H24F3N5O3. The van der Waals surface area contributed by atoms with E-state index >= 15 is 0 Å². The van der Waals surface area contributed by atoms with Gasteiger partial charge in [-0.3, -0.25) is 9.78 Å². The summed E-state index contributed by atoms with van der Waals surface area (Å²) in [5, 5.41) is 8.50. The fourth-order valence-electron chi connectivity index (χ4n) is 3.87. The van der Waals surface area contributed by atoms with Crippen molar-refractivity contribution in [1.29, 1.82) is 0 Å². The molecule has 34 heavy (non-hydrogen) atoms. The molecule has 0 unspecified atom stereocenters. The summed E-state index contributed by atoms with van der Waals surface area (Å²) in [7, 11) is 0. The highest BCUT2D eigenvalue weighted by Crippen LogP contribution is 2.28. The molecule has 2 aliphatic rings. The van der Waals surface area contributed by atoms with E-state index in [1.54, 1.807) is 11.8 Å². The van der Waals surface area contributed by atoms with E-state index in [0.717, 1.165) is 23.4 Å². The van der Waals surface area contributed by atoms with Crippen LogP contribution < -0.4 is 5.32 Å². The topological polar surface area (TPSA) is 87.1 Å². The zero-order valence-corrected chi connectivity index (χ0v) is 18.7. The van der Waals surface area contributed by atoms with Crippen molar-refractivity contribution in [2.45, 2.75) is 32.1 Å². The summed E-state index contributed by atoms with van der Waals surface area (Å²) in [4.78, 5) is 30.6. The second-order valence-electron chi connectivity index (χ2n) is 8.23. The molecule has 8 nitrogen and oxygen atoms in total. The van der Waals surface area contributed by atoms with Crippen LogP contribution in [0.3, 0.4) is 0 Å². The molecule has 3 amide bonds. The number of halogens is 3. The van der Waals surface area contributed by atoms with Gasteiger partial charge in [0.05, 0.1) is 30.9 Å². The number of alkyl halides is 3. The Morgan fingerprint density at radius 2 is 1.94 bits per heavy atom. The number of pyridine rings is 1. The predicted molar refractivity (Wildman–Crippen MR) is 117 cm³/mol. The fourth-order valence-corrected chi connectivity index (χ4v) is 3.87. The van der Waals surface area contributed by atoms with Crippen LogP contribution in [-0.4, -0.2) is 64.9 Å². The molecule has 2 aliphatic heterocycles. The molecule has 0 bridgehead atoms.